The molecule has 0 unspecified atom stereocenters. The fourth-order valence-electron chi connectivity index (χ4n) is 1.74. The number of aliphatic hydroxyl groups excluding tert-OH is 1. The number of rotatable bonds is 11. The molecule has 0 spiro atoms. The van der Waals surface area contributed by atoms with Crippen LogP contribution in [0.2, 0.25) is 0 Å². The Morgan fingerprint density at radius 2 is 1.88 bits per heavy atom. The predicted molar refractivity (Wildman–Crippen MR) is 75.5 cm³/mol. The standard InChI is InChI=1S/C13H26BrNO2/c1-2-3-4-7-10-15(11-12-16)13(17)8-5-6-9-14/h16H,2-12H2,1H3. The van der Waals surface area contributed by atoms with Gasteiger partial charge in [0.05, 0.1) is 6.61 Å². The first-order chi connectivity index (χ1) is 8.26. The summed E-state index contributed by atoms with van der Waals surface area (Å²) in [5.74, 6) is 0.191. The van der Waals surface area contributed by atoms with E-state index >= 15 is 0 Å². The van der Waals surface area contributed by atoms with Gasteiger partial charge in [0, 0.05) is 24.8 Å². The van der Waals surface area contributed by atoms with Crippen molar-refractivity contribution in [3.8, 4) is 0 Å². The Bertz CT molecular complexity index is 188. The van der Waals surface area contributed by atoms with E-state index in [-0.39, 0.29) is 12.5 Å². The first kappa shape index (κ1) is 16.9. The van der Waals surface area contributed by atoms with Gasteiger partial charge >= 0.3 is 0 Å². The number of carbonyl (C=O) groups excluding carboxylic acids is 1. The highest BCUT2D eigenvalue weighted by atomic mass is 79.9. The molecule has 4 heteroatoms. The van der Waals surface area contributed by atoms with Gasteiger partial charge in [0.1, 0.15) is 0 Å². The third-order valence-corrected chi connectivity index (χ3v) is 3.34. The normalized spacial score (nSPS) is 10.5. The minimum Gasteiger partial charge on any atom is -0.395 e. The van der Waals surface area contributed by atoms with Gasteiger partial charge in [-0.1, -0.05) is 42.1 Å². The lowest BCUT2D eigenvalue weighted by molar-refractivity contribution is -0.131. The number of unbranched alkanes of at least 4 members (excludes halogenated alkanes) is 4. The van der Waals surface area contributed by atoms with Crippen LogP contribution >= 0.6 is 15.9 Å². The van der Waals surface area contributed by atoms with Crippen molar-refractivity contribution in [1.82, 2.24) is 4.90 Å². The number of aliphatic hydroxyl groups is 1. The summed E-state index contributed by atoms with van der Waals surface area (Å²) in [6.45, 7) is 3.53. The summed E-state index contributed by atoms with van der Waals surface area (Å²) in [6, 6.07) is 0. The molecule has 102 valence electrons. The van der Waals surface area contributed by atoms with E-state index < -0.39 is 0 Å². The summed E-state index contributed by atoms with van der Waals surface area (Å²) in [6.07, 6.45) is 7.24. The second kappa shape index (κ2) is 12.4. The van der Waals surface area contributed by atoms with Crippen LogP contribution in [0, 0.1) is 0 Å². The Hall–Kier alpha value is -0.0900. The summed E-state index contributed by atoms with van der Waals surface area (Å²) in [5.41, 5.74) is 0. The zero-order chi connectivity index (χ0) is 12.9. The highest BCUT2D eigenvalue weighted by Crippen LogP contribution is 2.06. The van der Waals surface area contributed by atoms with Crippen LogP contribution < -0.4 is 0 Å². The van der Waals surface area contributed by atoms with Crippen molar-refractivity contribution in [2.75, 3.05) is 25.0 Å². The molecule has 0 rings (SSSR count). The second-order valence-corrected chi connectivity index (χ2v) is 5.10. The molecule has 0 aliphatic rings. The van der Waals surface area contributed by atoms with E-state index in [4.69, 9.17) is 5.11 Å². The van der Waals surface area contributed by atoms with Crippen molar-refractivity contribution in [2.45, 2.75) is 51.9 Å². The molecule has 0 heterocycles. The number of hydrogen-bond acceptors (Lipinski definition) is 2. The number of alkyl halides is 1. The Kier molecular flexibility index (Phi) is 12.3. The first-order valence-electron chi connectivity index (χ1n) is 6.70. The fraction of sp³-hybridized carbons (Fsp3) is 0.923. The number of amides is 1. The number of hydrogen-bond donors (Lipinski definition) is 1. The van der Waals surface area contributed by atoms with Crippen molar-refractivity contribution < 1.29 is 9.90 Å². The summed E-state index contributed by atoms with van der Waals surface area (Å²) in [4.78, 5) is 13.7. The van der Waals surface area contributed by atoms with E-state index in [9.17, 15) is 4.79 Å². The van der Waals surface area contributed by atoms with Gasteiger partial charge in [-0.3, -0.25) is 4.79 Å². The van der Waals surface area contributed by atoms with Crippen LogP contribution in [0.4, 0.5) is 0 Å². The quantitative estimate of drug-likeness (QED) is 0.471. The van der Waals surface area contributed by atoms with Gasteiger partial charge in [0.25, 0.3) is 0 Å². The average molecular weight is 308 g/mol. The smallest absolute Gasteiger partial charge is 0.222 e. The third-order valence-electron chi connectivity index (χ3n) is 2.78. The van der Waals surface area contributed by atoms with Crippen molar-refractivity contribution in [3.63, 3.8) is 0 Å². The lowest BCUT2D eigenvalue weighted by Gasteiger charge is -2.21. The lowest BCUT2D eigenvalue weighted by Crippen LogP contribution is -2.34. The molecule has 0 aliphatic heterocycles. The number of carbonyl (C=O) groups is 1. The summed E-state index contributed by atoms with van der Waals surface area (Å²) in [7, 11) is 0. The maximum Gasteiger partial charge on any atom is 0.222 e. The maximum atomic E-state index is 11.9. The highest BCUT2D eigenvalue weighted by Gasteiger charge is 2.11. The van der Waals surface area contributed by atoms with Crippen molar-refractivity contribution in [2.24, 2.45) is 0 Å². The molecule has 1 amide bonds. The van der Waals surface area contributed by atoms with E-state index in [1.165, 1.54) is 19.3 Å². The van der Waals surface area contributed by atoms with E-state index in [0.717, 1.165) is 31.1 Å². The highest BCUT2D eigenvalue weighted by molar-refractivity contribution is 9.09. The molecule has 1 N–H and O–H groups in total. The minimum atomic E-state index is 0.0674. The van der Waals surface area contributed by atoms with Gasteiger partial charge in [-0.2, -0.15) is 0 Å². The van der Waals surface area contributed by atoms with Crippen LogP contribution in [0.1, 0.15) is 51.9 Å². The summed E-state index contributed by atoms with van der Waals surface area (Å²) >= 11 is 3.36. The summed E-state index contributed by atoms with van der Waals surface area (Å²) < 4.78 is 0. The molecule has 0 radical (unpaired) electrons. The number of halogens is 1. The van der Waals surface area contributed by atoms with Gasteiger partial charge in [-0.15, -0.1) is 0 Å². The van der Waals surface area contributed by atoms with Crippen LogP contribution in [0.3, 0.4) is 0 Å². The van der Waals surface area contributed by atoms with Crippen LogP contribution in [-0.2, 0) is 4.79 Å². The molecule has 0 aromatic heterocycles. The maximum absolute atomic E-state index is 11.9. The molecule has 0 aromatic carbocycles. The zero-order valence-electron chi connectivity index (χ0n) is 11.0. The van der Waals surface area contributed by atoms with E-state index in [2.05, 4.69) is 22.9 Å². The molecule has 0 aromatic rings. The van der Waals surface area contributed by atoms with Gasteiger partial charge in [0.15, 0.2) is 0 Å². The molecule has 0 saturated heterocycles. The van der Waals surface area contributed by atoms with Crippen molar-refractivity contribution >= 4 is 21.8 Å². The van der Waals surface area contributed by atoms with Gasteiger partial charge in [0.2, 0.25) is 5.91 Å². The fourth-order valence-corrected chi connectivity index (χ4v) is 2.14. The second-order valence-electron chi connectivity index (χ2n) is 4.31. The van der Waals surface area contributed by atoms with Crippen LogP contribution in [0.15, 0.2) is 0 Å². The van der Waals surface area contributed by atoms with Crippen LogP contribution in [-0.4, -0.2) is 40.9 Å². The minimum absolute atomic E-state index is 0.0674. The number of nitrogens with zero attached hydrogens (tertiary/aromatic N) is 1. The van der Waals surface area contributed by atoms with E-state index in [1.54, 1.807) is 0 Å². The van der Waals surface area contributed by atoms with Crippen molar-refractivity contribution in [1.29, 1.82) is 0 Å². The predicted octanol–water partition coefficient (Wildman–Crippen LogP) is 2.95. The Labute approximate surface area is 114 Å². The van der Waals surface area contributed by atoms with Crippen molar-refractivity contribution in [3.05, 3.63) is 0 Å². The van der Waals surface area contributed by atoms with Crippen LogP contribution in [0.25, 0.3) is 0 Å². The molecular formula is C13H26BrNO2. The molecular weight excluding hydrogens is 282 g/mol. The van der Waals surface area contributed by atoms with Gasteiger partial charge in [-0.25, -0.2) is 0 Å². The Morgan fingerprint density at radius 1 is 1.12 bits per heavy atom. The SMILES string of the molecule is CCCCCCN(CCO)C(=O)CCCCBr. The van der Waals surface area contributed by atoms with Crippen LogP contribution in [0.5, 0.6) is 0 Å². The molecule has 0 saturated carbocycles. The zero-order valence-corrected chi connectivity index (χ0v) is 12.5. The van der Waals surface area contributed by atoms with Gasteiger partial charge in [-0.05, 0) is 19.3 Å². The Balaban J connectivity index is 3.81. The largest absolute Gasteiger partial charge is 0.395 e. The molecule has 17 heavy (non-hydrogen) atoms. The Morgan fingerprint density at radius 3 is 2.47 bits per heavy atom. The first-order valence-corrected chi connectivity index (χ1v) is 7.83. The molecule has 3 nitrogen and oxygen atoms in total. The topological polar surface area (TPSA) is 40.5 Å². The lowest BCUT2D eigenvalue weighted by atomic mass is 10.2. The molecule has 0 atom stereocenters. The van der Waals surface area contributed by atoms with E-state index in [1.807, 2.05) is 4.90 Å². The summed E-state index contributed by atoms with van der Waals surface area (Å²) in [5, 5.41) is 9.91. The third kappa shape index (κ3) is 9.60. The average Bonchev–Trinajstić information content (AvgIpc) is 2.33. The van der Waals surface area contributed by atoms with E-state index in [0.29, 0.717) is 13.0 Å². The molecule has 0 aliphatic carbocycles. The molecule has 0 bridgehead atoms. The van der Waals surface area contributed by atoms with Gasteiger partial charge < -0.3 is 10.0 Å². The monoisotopic (exact) mass is 307 g/mol. The molecule has 0 fully saturated rings.